The number of aromatic nitrogens is 12. The maximum Gasteiger partial charge on any atom is 0.343 e. The highest BCUT2D eigenvalue weighted by Gasteiger charge is 2.22. The topological polar surface area (TPSA) is 135 Å². The molecule has 11 aromatic heterocycles. The monoisotopic (exact) mass is 1100 g/mol. The molecule has 0 spiro atoms. The summed E-state index contributed by atoms with van der Waals surface area (Å²) in [4.78, 5) is 16.9. The second-order valence-electron chi connectivity index (χ2n) is 16.9. The number of fused-ring (bicyclic) bond motifs is 2. The first-order valence-electron chi connectivity index (χ1n) is 24.0. The summed E-state index contributed by atoms with van der Waals surface area (Å²) < 4.78 is 38.4. The third-order valence-corrected chi connectivity index (χ3v) is 15.1. The van der Waals surface area contributed by atoms with Gasteiger partial charge in [0.05, 0.1) is 53.7 Å². The van der Waals surface area contributed by atoms with Gasteiger partial charge < -0.3 is 17.7 Å². The number of para-hydroxylation sites is 2. The SMILES string of the molecule is c1c[n+](-c2cncc(-[n+]3ccoc3)c2)co1.c1ccc(-c2cc(-[n+]3ccsc3)cc(-[n+]3ccsc3)c2)cc1.c1ccc2c(c1)sc[n+]2-c1cncc(-[n+]2csc3ccccc32)c1.c1nc(-[n+]2ccoc2)cc(-[n+]2ccoc2)n1. The summed E-state index contributed by atoms with van der Waals surface area (Å²) >= 11 is 6.89. The maximum atomic E-state index is 5.01. The fourth-order valence-corrected chi connectivity index (χ4v) is 11.2. The molecule has 16 nitrogen and oxygen atoms in total. The smallest absolute Gasteiger partial charge is 0.343 e. The maximum absolute atomic E-state index is 5.01. The molecule has 0 unspecified atom stereocenters. The van der Waals surface area contributed by atoms with Crippen molar-refractivity contribution in [1.82, 2.24) is 19.9 Å². The lowest BCUT2D eigenvalue weighted by Crippen LogP contribution is -2.32. The Morgan fingerprint density at radius 2 is 0.795 bits per heavy atom. The molecule has 0 saturated carbocycles. The average molecular weight is 1100 g/mol. The molecule has 20 heteroatoms. The van der Waals surface area contributed by atoms with Crippen molar-refractivity contribution in [2.24, 2.45) is 0 Å². The second-order valence-corrected chi connectivity index (χ2v) is 20.1. The van der Waals surface area contributed by atoms with E-state index in [9.17, 15) is 0 Å². The van der Waals surface area contributed by atoms with Gasteiger partial charge in [0, 0.05) is 24.3 Å². The fourth-order valence-electron chi connectivity index (χ4n) is 8.20. The van der Waals surface area contributed by atoms with E-state index in [0.29, 0.717) is 0 Å². The zero-order valence-electron chi connectivity index (χ0n) is 41.0. The highest BCUT2D eigenvalue weighted by molar-refractivity contribution is 7.16. The van der Waals surface area contributed by atoms with E-state index in [1.165, 1.54) is 49.3 Å². The Morgan fingerprint density at radius 3 is 1.26 bits per heavy atom. The Balaban J connectivity index is 0.000000106. The van der Waals surface area contributed by atoms with Crippen LogP contribution in [0.25, 0.3) is 77.3 Å². The summed E-state index contributed by atoms with van der Waals surface area (Å²) in [5.41, 5.74) is 19.8. The molecule has 0 aliphatic carbocycles. The molecule has 0 fully saturated rings. The van der Waals surface area contributed by atoms with Gasteiger partial charge in [-0.05, 0) is 33.2 Å². The third kappa shape index (κ3) is 11.2. The first-order valence-corrected chi connectivity index (χ1v) is 27.6. The van der Waals surface area contributed by atoms with Crippen LogP contribution < -0.4 is 36.5 Å². The Kier molecular flexibility index (Phi) is 14.7. The highest BCUT2D eigenvalue weighted by atomic mass is 32.1. The Morgan fingerprint density at radius 1 is 0.359 bits per heavy atom. The van der Waals surface area contributed by atoms with E-state index in [0.717, 1.165) is 34.4 Å². The third-order valence-electron chi connectivity index (χ3n) is 12.0. The summed E-state index contributed by atoms with van der Waals surface area (Å²) in [6.07, 6.45) is 32.9. The zero-order chi connectivity index (χ0) is 52.3. The molecule has 78 heavy (non-hydrogen) atoms. The summed E-state index contributed by atoms with van der Waals surface area (Å²) in [6.45, 7) is 0. The molecule has 15 aromatic rings. The minimum atomic E-state index is 0.729. The lowest BCUT2D eigenvalue weighted by atomic mass is 10.0. The molecule has 15 rings (SSSR count). The number of pyridine rings is 2. The molecule has 0 atom stereocenters. The van der Waals surface area contributed by atoms with Crippen molar-refractivity contribution in [2.45, 2.75) is 0 Å². The van der Waals surface area contributed by atoms with E-state index >= 15 is 0 Å². The number of hydrogen-bond acceptors (Lipinski definition) is 12. The predicted molar refractivity (Wildman–Crippen MR) is 290 cm³/mol. The van der Waals surface area contributed by atoms with Gasteiger partial charge in [0.25, 0.3) is 12.8 Å². The van der Waals surface area contributed by atoms with Gasteiger partial charge in [-0.15, -0.1) is 18.3 Å². The van der Waals surface area contributed by atoms with Gasteiger partial charge in [-0.25, -0.2) is 0 Å². The quantitative estimate of drug-likeness (QED) is 0.131. The van der Waals surface area contributed by atoms with Gasteiger partial charge in [-0.1, -0.05) is 99.9 Å². The zero-order valence-corrected chi connectivity index (χ0v) is 44.3. The predicted octanol–water partition coefficient (Wildman–Crippen LogP) is 9.13. The van der Waals surface area contributed by atoms with Gasteiger partial charge in [0.2, 0.25) is 79.6 Å². The summed E-state index contributed by atoms with van der Waals surface area (Å²) in [6, 6.07) is 40.1. The number of nitrogens with zero attached hydrogens (tertiary/aromatic N) is 12. The van der Waals surface area contributed by atoms with E-state index in [-0.39, 0.29) is 0 Å². The van der Waals surface area contributed by atoms with Gasteiger partial charge in [0.15, 0.2) is 24.9 Å². The average Bonchev–Trinajstić information content (AvgIpc) is 4.38. The molecule has 0 N–H and O–H groups in total. The van der Waals surface area contributed by atoms with Crippen LogP contribution in [0.15, 0.2) is 285 Å². The van der Waals surface area contributed by atoms with Crippen molar-refractivity contribution in [3.05, 3.63) is 267 Å². The van der Waals surface area contributed by atoms with E-state index in [2.05, 4.69) is 187 Å². The molecule has 0 saturated heterocycles. The van der Waals surface area contributed by atoms with Crippen LogP contribution in [0.4, 0.5) is 0 Å². The summed E-state index contributed by atoms with van der Waals surface area (Å²) in [5, 5.41) is 4.18. The highest BCUT2D eigenvalue weighted by Crippen LogP contribution is 2.24. The first kappa shape index (κ1) is 49.0. The van der Waals surface area contributed by atoms with Gasteiger partial charge >= 0.3 is 30.8 Å². The number of hydrogen-bond donors (Lipinski definition) is 0. The number of benzene rings is 4. The van der Waals surface area contributed by atoms with Crippen LogP contribution in [0, 0.1) is 0 Å². The first-order chi connectivity index (χ1) is 38.7. The molecule has 0 bridgehead atoms. The minimum absolute atomic E-state index is 0.729. The van der Waals surface area contributed by atoms with Crippen LogP contribution in [0.5, 0.6) is 0 Å². The fraction of sp³-hybridized carbons (Fsp3) is 0. The van der Waals surface area contributed by atoms with Gasteiger partial charge in [-0.2, -0.15) is 18.3 Å². The van der Waals surface area contributed by atoms with Crippen LogP contribution in [-0.2, 0) is 0 Å². The van der Waals surface area contributed by atoms with Crippen LogP contribution in [0.2, 0.25) is 0 Å². The number of thiazole rings is 4. The van der Waals surface area contributed by atoms with Crippen molar-refractivity contribution in [3.63, 3.8) is 0 Å². The van der Waals surface area contributed by atoms with Gasteiger partial charge in [0.1, 0.15) is 40.4 Å². The van der Waals surface area contributed by atoms with Crippen LogP contribution in [-0.4, -0.2) is 19.9 Å². The molecule has 0 aliphatic heterocycles. The minimum Gasteiger partial charge on any atom is -0.432 e. The molecule has 0 radical (unpaired) electrons. The molecule has 0 aliphatic rings. The van der Waals surface area contributed by atoms with E-state index in [4.69, 9.17) is 17.7 Å². The van der Waals surface area contributed by atoms with Crippen molar-refractivity contribution >= 4 is 65.8 Å². The molecular weight excluding hydrogens is 1060 g/mol. The molecular formula is C58H44N12O4S4+8. The van der Waals surface area contributed by atoms with Gasteiger partial charge in [-0.3, -0.25) is 9.97 Å². The standard InChI is InChI=1S/C19H13N3S2.C18H14N2S2.C11H9N3O2.C10H8N4O2/c1-3-7-18-16(5-1)21(12-23-18)14-9-15(11-20-10-14)22-13-24-19-8-4-2-6-17(19)22;1-2-4-15(5-3-1)16-10-17(19-6-8-21-13-19)12-18(11-16)20-7-9-22-14-20;1-3-15-8-13(1)10-5-11(7-12-6-10)14-2-4-16-9-14;1-3-15-7-13(1)9-5-10(12-6-11-9)14-2-4-16-8-14/h1-13H;1-14H;1-9H;1-8H/q4*+2. The largest absolute Gasteiger partial charge is 0.432 e. The van der Waals surface area contributed by atoms with E-state index < -0.39 is 0 Å². The van der Waals surface area contributed by atoms with E-state index in [1.807, 2.05) is 46.1 Å². The molecule has 4 aromatic carbocycles. The van der Waals surface area contributed by atoms with Crippen molar-refractivity contribution in [1.29, 1.82) is 0 Å². The lowest BCUT2D eigenvalue weighted by Gasteiger charge is -2.03. The van der Waals surface area contributed by atoms with Crippen LogP contribution in [0.3, 0.4) is 0 Å². The molecule has 0 amide bonds. The summed E-state index contributed by atoms with van der Waals surface area (Å²) in [7, 11) is 0. The van der Waals surface area contributed by atoms with Crippen molar-refractivity contribution in [3.8, 4) is 56.9 Å². The second kappa shape index (κ2) is 23.4. The van der Waals surface area contributed by atoms with E-state index in [1.54, 1.807) is 130 Å². The number of rotatable bonds is 9. The van der Waals surface area contributed by atoms with Crippen LogP contribution in [0.1, 0.15) is 0 Å². The Bertz CT molecular complexity index is 3940. The normalized spacial score (nSPS) is 10.8. The van der Waals surface area contributed by atoms with Crippen LogP contribution >= 0.6 is 45.3 Å². The van der Waals surface area contributed by atoms with Crippen molar-refractivity contribution < 1.29 is 54.2 Å². The Hall–Kier alpha value is -9.86. The number of oxazole rings is 4. The van der Waals surface area contributed by atoms with Crippen molar-refractivity contribution in [2.75, 3.05) is 0 Å². The molecule has 11 heterocycles. The Labute approximate surface area is 461 Å². The summed E-state index contributed by atoms with van der Waals surface area (Å²) in [5.74, 6) is 1.46. The lowest BCUT2D eigenvalue weighted by molar-refractivity contribution is -0.612. The molecule has 376 valence electrons.